The summed E-state index contributed by atoms with van der Waals surface area (Å²) in [4.78, 5) is 21.3. The van der Waals surface area contributed by atoms with Crippen LogP contribution in [0.1, 0.15) is 49.6 Å². The number of carbonyl (C=O) groups excluding carboxylic acids is 1. The minimum absolute atomic E-state index is 0.297. The second kappa shape index (κ2) is 9.12. The molecule has 140 valence electrons. The standard InChI is InChI=1S/C20H28N4OS/c1-3-4-6-19(25)23-11-5-12-24(14-13-23)20-21-18(22-26-20)15-17-9-7-16(2)8-10-17/h7-10H,3-6,11-15H2,1-2H3. The van der Waals surface area contributed by atoms with Crippen LogP contribution in [-0.2, 0) is 11.2 Å². The summed E-state index contributed by atoms with van der Waals surface area (Å²) >= 11 is 1.47. The minimum atomic E-state index is 0.297. The Bertz CT molecular complexity index is 713. The van der Waals surface area contributed by atoms with Crippen molar-refractivity contribution in [1.29, 1.82) is 0 Å². The summed E-state index contributed by atoms with van der Waals surface area (Å²) in [7, 11) is 0. The second-order valence-corrected chi connectivity index (χ2v) is 7.71. The molecular formula is C20H28N4OS. The Labute approximate surface area is 160 Å². The minimum Gasteiger partial charge on any atom is -0.345 e. The van der Waals surface area contributed by atoms with Crippen LogP contribution in [0.15, 0.2) is 24.3 Å². The zero-order valence-corrected chi connectivity index (χ0v) is 16.6. The normalized spacial score (nSPS) is 15.2. The third-order valence-corrected chi connectivity index (χ3v) is 5.62. The summed E-state index contributed by atoms with van der Waals surface area (Å²) in [5, 5.41) is 0.981. The lowest BCUT2D eigenvalue weighted by Crippen LogP contribution is -2.35. The molecule has 2 aromatic rings. The second-order valence-electron chi connectivity index (χ2n) is 6.98. The van der Waals surface area contributed by atoms with Crippen molar-refractivity contribution in [1.82, 2.24) is 14.3 Å². The number of anilines is 1. The van der Waals surface area contributed by atoms with Crippen LogP contribution in [0.3, 0.4) is 0 Å². The number of hydrogen-bond donors (Lipinski definition) is 0. The van der Waals surface area contributed by atoms with Gasteiger partial charge in [-0.3, -0.25) is 4.79 Å². The molecule has 1 amide bonds. The molecule has 1 aromatic carbocycles. The van der Waals surface area contributed by atoms with Crippen LogP contribution >= 0.6 is 11.5 Å². The van der Waals surface area contributed by atoms with Gasteiger partial charge in [0.25, 0.3) is 0 Å². The molecule has 6 heteroatoms. The molecular weight excluding hydrogens is 344 g/mol. The average Bonchev–Trinajstić information content (AvgIpc) is 2.96. The fourth-order valence-electron chi connectivity index (χ4n) is 3.18. The number of unbranched alkanes of at least 4 members (excludes halogenated alkanes) is 1. The summed E-state index contributed by atoms with van der Waals surface area (Å²) in [5.74, 6) is 1.18. The number of amides is 1. The van der Waals surface area contributed by atoms with E-state index in [1.54, 1.807) is 0 Å². The topological polar surface area (TPSA) is 49.3 Å². The average molecular weight is 373 g/mol. The number of hydrogen-bond acceptors (Lipinski definition) is 5. The van der Waals surface area contributed by atoms with Crippen molar-refractivity contribution < 1.29 is 4.79 Å². The Balaban J connectivity index is 1.57. The highest BCUT2D eigenvalue weighted by atomic mass is 32.1. The summed E-state index contributed by atoms with van der Waals surface area (Å²) < 4.78 is 4.54. The molecule has 1 aliphatic heterocycles. The van der Waals surface area contributed by atoms with E-state index in [0.717, 1.165) is 62.8 Å². The molecule has 0 unspecified atom stereocenters. The van der Waals surface area contributed by atoms with Gasteiger partial charge in [0.15, 0.2) is 0 Å². The molecule has 0 aliphatic carbocycles. The van der Waals surface area contributed by atoms with E-state index in [9.17, 15) is 4.79 Å². The zero-order chi connectivity index (χ0) is 18.4. The smallest absolute Gasteiger partial charge is 0.222 e. The maximum absolute atomic E-state index is 12.3. The SMILES string of the molecule is CCCCC(=O)N1CCCN(c2nc(Cc3ccc(C)cc3)ns2)CC1. The van der Waals surface area contributed by atoms with Crippen LogP contribution in [0.4, 0.5) is 5.13 Å². The first-order chi connectivity index (χ1) is 12.7. The first-order valence-electron chi connectivity index (χ1n) is 9.56. The van der Waals surface area contributed by atoms with Crippen LogP contribution in [0.5, 0.6) is 0 Å². The van der Waals surface area contributed by atoms with Crippen molar-refractivity contribution in [3.05, 3.63) is 41.2 Å². The van der Waals surface area contributed by atoms with E-state index in [1.807, 2.05) is 4.90 Å². The quantitative estimate of drug-likeness (QED) is 0.776. The lowest BCUT2D eigenvalue weighted by atomic mass is 10.1. The third-order valence-electron chi connectivity index (χ3n) is 4.80. The summed E-state index contributed by atoms with van der Waals surface area (Å²) in [5.41, 5.74) is 2.51. The summed E-state index contributed by atoms with van der Waals surface area (Å²) in [6.07, 6.45) is 4.49. The Morgan fingerprint density at radius 1 is 1.15 bits per heavy atom. The van der Waals surface area contributed by atoms with Crippen molar-refractivity contribution in [2.45, 2.75) is 46.0 Å². The Morgan fingerprint density at radius 3 is 2.73 bits per heavy atom. The molecule has 0 bridgehead atoms. The molecule has 0 radical (unpaired) electrons. The molecule has 26 heavy (non-hydrogen) atoms. The molecule has 1 aromatic heterocycles. The number of rotatable bonds is 6. The van der Waals surface area contributed by atoms with Crippen LogP contribution in [-0.4, -0.2) is 46.3 Å². The van der Waals surface area contributed by atoms with Gasteiger partial charge in [-0.05, 0) is 25.3 Å². The molecule has 0 saturated carbocycles. The lowest BCUT2D eigenvalue weighted by molar-refractivity contribution is -0.131. The molecule has 1 aliphatic rings. The molecule has 0 N–H and O–H groups in total. The van der Waals surface area contributed by atoms with Gasteiger partial charge in [0.1, 0.15) is 5.82 Å². The molecule has 3 rings (SSSR count). The number of carbonyl (C=O) groups is 1. The number of aromatic nitrogens is 2. The van der Waals surface area contributed by atoms with Gasteiger partial charge in [-0.15, -0.1) is 0 Å². The van der Waals surface area contributed by atoms with Crippen LogP contribution in [0.2, 0.25) is 0 Å². The van der Waals surface area contributed by atoms with Crippen molar-refractivity contribution in [2.75, 3.05) is 31.1 Å². The van der Waals surface area contributed by atoms with Gasteiger partial charge in [-0.1, -0.05) is 43.2 Å². The van der Waals surface area contributed by atoms with Crippen LogP contribution in [0, 0.1) is 6.92 Å². The third kappa shape index (κ3) is 5.04. The summed E-state index contributed by atoms with van der Waals surface area (Å²) in [6.45, 7) is 7.65. The van der Waals surface area contributed by atoms with Gasteiger partial charge < -0.3 is 9.80 Å². The van der Waals surface area contributed by atoms with Crippen molar-refractivity contribution in [3.63, 3.8) is 0 Å². The van der Waals surface area contributed by atoms with E-state index in [4.69, 9.17) is 4.98 Å². The monoisotopic (exact) mass is 372 g/mol. The highest BCUT2D eigenvalue weighted by Crippen LogP contribution is 2.21. The molecule has 0 spiro atoms. The number of benzene rings is 1. The largest absolute Gasteiger partial charge is 0.345 e. The predicted molar refractivity (Wildman–Crippen MR) is 107 cm³/mol. The predicted octanol–water partition coefficient (Wildman–Crippen LogP) is 3.67. The van der Waals surface area contributed by atoms with E-state index < -0.39 is 0 Å². The van der Waals surface area contributed by atoms with E-state index in [-0.39, 0.29) is 0 Å². The van der Waals surface area contributed by atoms with E-state index in [2.05, 4.69) is 47.4 Å². The van der Waals surface area contributed by atoms with Gasteiger partial charge in [-0.2, -0.15) is 4.37 Å². The molecule has 0 atom stereocenters. The molecule has 1 saturated heterocycles. The van der Waals surface area contributed by atoms with Gasteiger partial charge in [0, 0.05) is 50.6 Å². The van der Waals surface area contributed by atoms with E-state index in [1.165, 1.54) is 22.7 Å². The fraction of sp³-hybridized carbons (Fsp3) is 0.550. The van der Waals surface area contributed by atoms with Crippen molar-refractivity contribution >= 4 is 22.6 Å². The van der Waals surface area contributed by atoms with Crippen LogP contribution < -0.4 is 4.90 Å². The van der Waals surface area contributed by atoms with E-state index in [0.29, 0.717) is 12.3 Å². The van der Waals surface area contributed by atoms with Crippen LogP contribution in [0.25, 0.3) is 0 Å². The highest BCUT2D eigenvalue weighted by molar-refractivity contribution is 7.09. The van der Waals surface area contributed by atoms with Gasteiger partial charge >= 0.3 is 0 Å². The Hall–Kier alpha value is -1.95. The highest BCUT2D eigenvalue weighted by Gasteiger charge is 2.21. The number of aryl methyl sites for hydroxylation is 1. The Morgan fingerprint density at radius 2 is 1.96 bits per heavy atom. The first-order valence-corrected chi connectivity index (χ1v) is 10.3. The van der Waals surface area contributed by atoms with E-state index >= 15 is 0 Å². The van der Waals surface area contributed by atoms with Crippen molar-refractivity contribution in [2.24, 2.45) is 0 Å². The maximum Gasteiger partial charge on any atom is 0.222 e. The lowest BCUT2D eigenvalue weighted by Gasteiger charge is -2.21. The number of nitrogens with zero attached hydrogens (tertiary/aromatic N) is 4. The van der Waals surface area contributed by atoms with Gasteiger partial charge in [0.2, 0.25) is 11.0 Å². The fourth-order valence-corrected chi connectivity index (χ4v) is 3.91. The van der Waals surface area contributed by atoms with Crippen molar-refractivity contribution in [3.8, 4) is 0 Å². The first kappa shape index (κ1) is 18.8. The molecule has 5 nitrogen and oxygen atoms in total. The molecule has 1 fully saturated rings. The molecule has 2 heterocycles. The maximum atomic E-state index is 12.3. The Kier molecular flexibility index (Phi) is 6.61. The van der Waals surface area contributed by atoms with Gasteiger partial charge in [-0.25, -0.2) is 4.98 Å². The summed E-state index contributed by atoms with van der Waals surface area (Å²) in [6, 6.07) is 8.53. The van der Waals surface area contributed by atoms with Gasteiger partial charge in [0.05, 0.1) is 0 Å². The zero-order valence-electron chi connectivity index (χ0n) is 15.8.